The average molecular weight is 332 g/mol. The predicted octanol–water partition coefficient (Wildman–Crippen LogP) is 1.53. The lowest BCUT2D eigenvalue weighted by atomic mass is 9.81. The molecule has 0 aromatic carbocycles. The molecule has 0 spiro atoms. The molecule has 1 fully saturated rings. The number of piperidine rings is 1. The van der Waals surface area contributed by atoms with E-state index >= 15 is 0 Å². The number of hydrogen-bond donors (Lipinski definition) is 2. The first-order valence-corrected chi connectivity index (χ1v) is 9.53. The summed E-state index contributed by atoms with van der Waals surface area (Å²) in [5.41, 5.74) is 5.63. The summed E-state index contributed by atoms with van der Waals surface area (Å²) in [6.07, 6.45) is 2.03. The molecule has 7 heteroatoms. The molecule has 21 heavy (non-hydrogen) atoms. The lowest BCUT2D eigenvalue weighted by Gasteiger charge is -2.37. The van der Waals surface area contributed by atoms with Gasteiger partial charge < -0.3 is 10.6 Å². The lowest BCUT2D eigenvalue weighted by molar-refractivity contribution is 0.143. The Balaban J connectivity index is 2.06. The first-order valence-electron chi connectivity index (χ1n) is 7.23. The SMILES string of the molecule is Cc1sc(CN)cc1S(=O)(=O)NCC1(C)CCN(C)CC1. The molecule has 1 saturated heterocycles. The molecular weight excluding hydrogens is 306 g/mol. The number of hydrogen-bond acceptors (Lipinski definition) is 5. The Kier molecular flexibility index (Phi) is 5.10. The second-order valence-corrected chi connectivity index (χ2v) is 9.35. The molecule has 0 atom stereocenters. The molecule has 1 aromatic rings. The first-order chi connectivity index (χ1) is 9.76. The van der Waals surface area contributed by atoms with Gasteiger partial charge >= 0.3 is 0 Å². The van der Waals surface area contributed by atoms with Gasteiger partial charge in [0.25, 0.3) is 0 Å². The third-order valence-corrected chi connectivity index (χ3v) is 7.03. The van der Waals surface area contributed by atoms with Gasteiger partial charge in [-0.3, -0.25) is 0 Å². The number of nitrogens with two attached hydrogens (primary N) is 1. The van der Waals surface area contributed by atoms with E-state index in [-0.39, 0.29) is 5.41 Å². The molecule has 0 amide bonds. The van der Waals surface area contributed by atoms with Crippen molar-refractivity contribution in [2.45, 2.75) is 38.1 Å². The number of aryl methyl sites for hydroxylation is 1. The maximum atomic E-state index is 12.5. The summed E-state index contributed by atoms with van der Waals surface area (Å²) >= 11 is 1.45. The van der Waals surface area contributed by atoms with Gasteiger partial charge in [0.05, 0.1) is 4.90 Å². The molecule has 2 rings (SSSR count). The maximum absolute atomic E-state index is 12.5. The molecule has 5 nitrogen and oxygen atoms in total. The Labute approximate surface area is 131 Å². The van der Waals surface area contributed by atoms with Crippen LogP contribution in [0, 0.1) is 12.3 Å². The summed E-state index contributed by atoms with van der Waals surface area (Å²) in [7, 11) is -1.34. The minimum atomic E-state index is -3.44. The highest BCUT2D eigenvalue weighted by Gasteiger charge is 2.31. The van der Waals surface area contributed by atoms with Crippen LogP contribution in [0.15, 0.2) is 11.0 Å². The monoisotopic (exact) mass is 331 g/mol. The summed E-state index contributed by atoms with van der Waals surface area (Å²) in [6, 6.07) is 1.69. The zero-order valence-corrected chi connectivity index (χ0v) is 14.6. The standard InChI is InChI=1S/C14H25N3O2S2/c1-11-13(8-12(9-15)20-11)21(18,19)16-10-14(2)4-6-17(3)7-5-14/h8,16H,4-7,9-10,15H2,1-3H3. The minimum Gasteiger partial charge on any atom is -0.326 e. The number of rotatable bonds is 5. The van der Waals surface area contributed by atoms with Crippen molar-refractivity contribution in [1.29, 1.82) is 0 Å². The molecule has 1 aliphatic rings. The summed E-state index contributed by atoms with van der Waals surface area (Å²) in [5.74, 6) is 0. The fourth-order valence-corrected chi connectivity index (χ4v) is 5.29. The number of thiophene rings is 1. The van der Waals surface area contributed by atoms with E-state index in [9.17, 15) is 8.42 Å². The highest BCUT2D eigenvalue weighted by Crippen LogP contribution is 2.31. The molecule has 0 bridgehead atoms. The van der Waals surface area contributed by atoms with Crippen LogP contribution in [0.25, 0.3) is 0 Å². The van der Waals surface area contributed by atoms with Gasteiger partial charge in [-0.1, -0.05) is 6.92 Å². The van der Waals surface area contributed by atoms with Crippen LogP contribution in [0.2, 0.25) is 0 Å². The van der Waals surface area contributed by atoms with Gasteiger partial charge in [0.15, 0.2) is 0 Å². The molecule has 1 aliphatic heterocycles. The van der Waals surface area contributed by atoms with Crippen molar-refractivity contribution in [1.82, 2.24) is 9.62 Å². The van der Waals surface area contributed by atoms with Crippen LogP contribution < -0.4 is 10.5 Å². The number of nitrogens with zero attached hydrogens (tertiary/aromatic N) is 1. The number of sulfonamides is 1. The van der Waals surface area contributed by atoms with Crippen molar-refractivity contribution in [3.8, 4) is 0 Å². The predicted molar refractivity (Wildman–Crippen MR) is 87.0 cm³/mol. The average Bonchev–Trinajstić information content (AvgIpc) is 2.83. The topological polar surface area (TPSA) is 75.4 Å². The smallest absolute Gasteiger partial charge is 0.241 e. The van der Waals surface area contributed by atoms with E-state index in [0.717, 1.165) is 35.7 Å². The zero-order valence-electron chi connectivity index (χ0n) is 13.0. The second-order valence-electron chi connectivity index (χ2n) is 6.28. The van der Waals surface area contributed by atoms with E-state index in [1.807, 2.05) is 6.92 Å². The summed E-state index contributed by atoms with van der Waals surface area (Å²) in [5, 5.41) is 0. The van der Waals surface area contributed by atoms with Crippen molar-refractivity contribution in [2.24, 2.45) is 11.1 Å². The molecule has 0 radical (unpaired) electrons. The van der Waals surface area contributed by atoms with Crippen LogP contribution in [-0.4, -0.2) is 40.0 Å². The molecule has 2 heterocycles. The highest BCUT2D eigenvalue weighted by molar-refractivity contribution is 7.89. The van der Waals surface area contributed by atoms with Crippen molar-refractivity contribution in [3.63, 3.8) is 0 Å². The normalized spacial score (nSPS) is 19.8. The van der Waals surface area contributed by atoms with E-state index in [0.29, 0.717) is 18.0 Å². The zero-order chi connectivity index (χ0) is 15.7. The molecular formula is C14H25N3O2S2. The Morgan fingerprint density at radius 2 is 2.05 bits per heavy atom. The van der Waals surface area contributed by atoms with Gasteiger partial charge in [0.1, 0.15) is 0 Å². The Morgan fingerprint density at radius 1 is 1.43 bits per heavy atom. The van der Waals surface area contributed by atoms with E-state index in [4.69, 9.17) is 5.73 Å². The number of nitrogens with one attached hydrogen (secondary N) is 1. The molecule has 0 aliphatic carbocycles. The van der Waals surface area contributed by atoms with Gasteiger partial charge in [0.2, 0.25) is 10.0 Å². The molecule has 0 unspecified atom stereocenters. The fourth-order valence-electron chi connectivity index (χ4n) is 2.57. The minimum absolute atomic E-state index is 0.0419. The van der Waals surface area contributed by atoms with E-state index in [2.05, 4.69) is 23.6 Å². The van der Waals surface area contributed by atoms with Crippen LogP contribution >= 0.6 is 11.3 Å². The van der Waals surface area contributed by atoms with Crippen molar-refractivity contribution < 1.29 is 8.42 Å². The van der Waals surface area contributed by atoms with Gasteiger partial charge in [-0.15, -0.1) is 11.3 Å². The first kappa shape index (κ1) is 16.9. The Morgan fingerprint density at radius 3 is 2.57 bits per heavy atom. The lowest BCUT2D eigenvalue weighted by Crippen LogP contribution is -2.43. The Hall–Kier alpha value is -0.470. The molecule has 0 saturated carbocycles. The second kappa shape index (κ2) is 6.34. The third kappa shape index (κ3) is 4.04. The maximum Gasteiger partial charge on any atom is 0.241 e. The largest absolute Gasteiger partial charge is 0.326 e. The van der Waals surface area contributed by atoms with Crippen molar-refractivity contribution in [2.75, 3.05) is 26.7 Å². The highest BCUT2D eigenvalue weighted by atomic mass is 32.2. The van der Waals surface area contributed by atoms with Crippen LogP contribution in [0.4, 0.5) is 0 Å². The van der Waals surface area contributed by atoms with E-state index in [1.165, 1.54) is 11.3 Å². The van der Waals surface area contributed by atoms with Crippen LogP contribution in [0.3, 0.4) is 0 Å². The van der Waals surface area contributed by atoms with Gasteiger partial charge in [-0.25, -0.2) is 13.1 Å². The molecule has 120 valence electrons. The van der Waals surface area contributed by atoms with Crippen LogP contribution in [0.1, 0.15) is 29.5 Å². The van der Waals surface area contributed by atoms with E-state index < -0.39 is 10.0 Å². The van der Waals surface area contributed by atoms with Crippen LogP contribution in [-0.2, 0) is 16.6 Å². The fraction of sp³-hybridized carbons (Fsp3) is 0.714. The Bertz CT molecular complexity index is 587. The van der Waals surface area contributed by atoms with Gasteiger partial charge in [-0.2, -0.15) is 0 Å². The van der Waals surface area contributed by atoms with Crippen molar-refractivity contribution in [3.05, 3.63) is 15.8 Å². The van der Waals surface area contributed by atoms with Crippen molar-refractivity contribution >= 4 is 21.4 Å². The number of likely N-dealkylation sites (tertiary alicyclic amines) is 1. The van der Waals surface area contributed by atoms with E-state index in [1.54, 1.807) is 6.07 Å². The molecule has 3 N–H and O–H groups in total. The quantitative estimate of drug-likeness (QED) is 0.858. The molecule has 1 aromatic heterocycles. The summed E-state index contributed by atoms with van der Waals surface area (Å²) in [4.78, 5) is 4.37. The summed E-state index contributed by atoms with van der Waals surface area (Å²) < 4.78 is 27.7. The third-order valence-electron chi connectivity index (χ3n) is 4.30. The summed E-state index contributed by atoms with van der Waals surface area (Å²) in [6.45, 7) is 6.91. The van der Waals surface area contributed by atoms with Crippen LogP contribution in [0.5, 0.6) is 0 Å². The van der Waals surface area contributed by atoms with Gasteiger partial charge in [-0.05, 0) is 51.4 Å². The van der Waals surface area contributed by atoms with Gasteiger partial charge in [0, 0.05) is 22.8 Å².